The molecule has 17 heavy (non-hydrogen) atoms. The SMILES string of the molecule is COCC(NC(=O)NC(C)(C)C1CC1)C(=O)O. The van der Waals surface area contributed by atoms with Gasteiger partial charge in [0.2, 0.25) is 0 Å². The zero-order valence-electron chi connectivity index (χ0n) is 10.4. The lowest BCUT2D eigenvalue weighted by Crippen LogP contribution is -2.54. The smallest absolute Gasteiger partial charge is 0.328 e. The van der Waals surface area contributed by atoms with Gasteiger partial charge in [0.15, 0.2) is 6.04 Å². The van der Waals surface area contributed by atoms with E-state index in [4.69, 9.17) is 9.84 Å². The molecule has 1 unspecified atom stereocenters. The van der Waals surface area contributed by atoms with Crippen molar-refractivity contribution in [2.24, 2.45) is 5.92 Å². The van der Waals surface area contributed by atoms with Crippen LogP contribution in [0, 0.1) is 5.92 Å². The molecule has 0 aromatic heterocycles. The Balaban J connectivity index is 2.44. The Labute approximate surface area is 101 Å². The lowest BCUT2D eigenvalue weighted by atomic mass is 9.99. The quantitative estimate of drug-likeness (QED) is 0.637. The highest BCUT2D eigenvalue weighted by Crippen LogP contribution is 2.39. The molecule has 0 aliphatic heterocycles. The molecule has 0 spiro atoms. The summed E-state index contributed by atoms with van der Waals surface area (Å²) >= 11 is 0. The predicted octanol–water partition coefficient (Wildman–Crippen LogP) is 0.574. The van der Waals surface area contributed by atoms with E-state index in [2.05, 4.69) is 10.6 Å². The fourth-order valence-corrected chi connectivity index (χ4v) is 1.74. The Morgan fingerprint density at radius 3 is 2.47 bits per heavy atom. The minimum absolute atomic E-state index is 0.0490. The second-order valence-electron chi connectivity index (χ2n) is 4.94. The summed E-state index contributed by atoms with van der Waals surface area (Å²) in [6, 6.07) is -1.48. The van der Waals surface area contributed by atoms with Crippen LogP contribution in [0.4, 0.5) is 4.79 Å². The van der Waals surface area contributed by atoms with Crippen LogP contribution in [0.1, 0.15) is 26.7 Å². The molecule has 1 fully saturated rings. The Morgan fingerprint density at radius 1 is 1.47 bits per heavy atom. The maximum atomic E-state index is 11.6. The second-order valence-corrected chi connectivity index (χ2v) is 4.94. The number of ether oxygens (including phenoxy) is 1. The molecule has 2 amide bonds. The second kappa shape index (κ2) is 5.35. The van der Waals surface area contributed by atoms with Crippen LogP contribution in [0.3, 0.4) is 0 Å². The molecule has 3 N–H and O–H groups in total. The standard InChI is InChI=1S/C11H20N2O4/c1-11(2,7-4-5-7)13-10(16)12-8(6-17-3)9(14)15/h7-8H,4-6H2,1-3H3,(H,14,15)(H2,12,13,16). The van der Waals surface area contributed by atoms with E-state index in [1.165, 1.54) is 7.11 Å². The van der Waals surface area contributed by atoms with E-state index in [1.54, 1.807) is 0 Å². The third-order valence-corrected chi connectivity index (χ3v) is 2.97. The molecule has 1 aliphatic carbocycles. The zero-order chi connectivity index (χ0) is 13.1. The first-order chi connectivity index (χ1) is 7.86. The molecule has 6 nitrogen and oxygen atoms in total. The highest BCUT2D eigenvalue weighted by Gasteiger charge is 2.39. The van der Waals surface area contributed by atoms with Crippen LogP contribution in [0.2, 0.25) is 0 Å². The molecule has 1 atom stereocenters. The van der Waals surface area contributed by atoms with Crippen molar-refractivity contribution in [3.8, 4) is 0 Å². The van der Waals surface area contributed by atoms with Crippen molar-refractivity contribution < 1.29 is 19.4 Å². The number of aliphatic carboxylic acids is 1. The van der Waals surface area contributed by atoms with Crippen molar-refractivity contribution >= 4 is 12.0 Å². The van der Waals surface area contributed by atoms with E-state index < -0.39 is 18.0 Å². The lowest BCUT2D eigenvalue weighted by molar-refractivity contribution is -0.140. The third-order valence-electron chi connectivity index (χ3n) is 2.97. The Bertz CT molecular complexity index is 300. The van der Waals surface area contributed by atoms with Gasteiger partial charge in [0.25, 0.3) is 0 Å². The van der Waals surface area contributed by atoms with E-state index in [-0.39, 0.29) is 12.1 Å². The molecule has 0 heterocycles. The molecule has 98 valence electrons. The van der Waals surface area contributed by atoms with Crippen molar-refractivity contribution in [2.45, 2.75) is 38.3 Å². The van der Waals surface area contributed by atoms with E-state index in [1.807, 2.05) is 13.8 Å². The number of amides is 2. The van der Waals surface area contributed by atoms with Gasteiger partial charge in [0, 0.05) is 12.6 Å². The average molecular weight is 244 g/mol. The molecule has 0 aromatic rings. The highest BCUT2D eigenvalue weighted by molar-refractivity contribution is 5.83. The van der Waals surface area contributed by atoms with Crippen LogP contribution in [0.25, 0.3) is 0 Å². The van der Waals surface area contributed by atoms with Crippen molar-refractivity contribution in [3.63, 3.8) is 0 Å². The van der Waals surface area contributed by atoms with E-state index in [0.29, 0.717) is 5.92 Å². The summed E-state index contributed by atoms with van der Waals surface area (Å²) < 4.78 is 4.73. The van der Waals surface area contributed by atoms with Gasteiger partial charge in [-0.1, -0.05) is 0 Å². The van der Waals surface area contributed by atoms with Crippen molar-refractivity contribution in [1.82, 2.24) is 10.6 Å². The number of rotatable bonds is 6. The monoisotopic (exact) mass is 244 g/mol. The van der Waals surface area contributed by atoms with Crippen LogP contribution in [-0.4, -0.2) is 42.4 Å². The fraction of sp³-hybridized carbons (Fsp3) is 0.818. The van der Waals surface area contributed by atoms with Gasteiger partial charge < -0.3 is 20.5 Å². The van der Waals surface area contributed by atoms with Gasteiger partial charge in [0.05, 0.1) is 6.61 Å². The Kier molecular flexibility index (Phi) is 4.34. The molecule has 1 saturated carbocycles. The highest BCUT2D eigenvalue weighted by atomic mass is 16.5. The van der Waals surface area contributed by atoms with Crippen LogP contribution >= 0.6 is 0 Å². The van der Waals surface area contributed by atoms with Gasteiger partial charge in [0.1, 0.15) is 0 Å². The molecule has 6 heteroatoms. The molecule has 0 aromatic carbocycles. The molecule has 1 aliphatic rings. The summed E-state index contributed by atoms with van der Waals surface area (Å²) in [6.07, 6.45) is 2.21. The van der Waals surface area contributed by atoms with Crippen LogP contribution in [0.15, 0.2) is 0 Å². The maximum Gasteiger partial charge on any atom is 0.328 e. The van der Waals surface area contributed by atoms with Crippen molar-refractivity contribution in [2.75, 3.05) is 13.7 Å². The number of carbonyl (C=O) groups excluding carboxylic acids is 1. The van der Waals surface area contributed by atoms with Crippen molar-refractivity contribution in [1.29, 1.82) is 0 Å². The number of carboxylic acids is 1. The first kappa shape index (κ1) is 13.8. The van der Waals surface area contributed by atoms with E-state index >= 15 is 0 Å². The average Bonchev–Trinajstić information content (AvgIpc) is 2.98. The largest absolute Gasteiger partial charge is 0.480 e. The molecular weight excluding hydrogens is 224 g/mol. The summed E-state index contributed by atoms with van der Waals surface area (Å²) in [5.41, 5.74) is -0.291. The van der Waals surface area contributed by atoms with E-state index in [0.717, 1.165) is 12.8 Å². The Hall–Kier alpha value is -1.30. The van der Waals surface area contributed by atoms with Gasteiger partial charge >= 0.3 is 12.0 Å². The number of urea groups is 1. The summed E-state index contributed by atoms with van der Waals surface area (Å²) in [4.78, 5) is 22.5. The molecule has 1 rings (SSSR count). The lowest BCUT2D eigenvalue weighted by Gasteiger charge is -2.27. The van der Waals surface area contributed by atoms with Crippen LogP contribution < -0.4 is 10.6 Å². The maximum absolute atomic E-state index is 11.6. The topological polar surface area (TPSA) is 87.7 Å². The number of carbonyl (C=O) groups is 2. The van der Waals surface area contributed by atoms with Gasteiger partial charge in [-0.25, -0.2) is 9.59 Å². The minimum atomic E-state index is -1.11. The number of nitrogens with one attached hydrogen (secondary N) is 2. The first-order valence-electron chi connectivity index (χ1n) is 5.67. The molecule has 0 bridgehead atoms. The van der Waals surface area contributed by atoms with Crippen molar-refractivity contribution in [3.05, 3.63) is 0 Å². The van der Waals surface area contributed by atoms with Gasteiger partial charge in [-0.15, -0.1) is 0 Å². The third kappa shape index (κ3) is 4.22. The Morgan fingerprint density at radius 2 is 2.06 bits per heavy atom. The number of carboxylic acid groups (broad SMARTS) is 1. The van der Waals surface area contributed by atoms with Crippen LogP contribution in [-0.2, 0) is 9.53 Å². The minimum Gasteiger partial charge on any atom is -0.480 e. The number of hydrogen-bond acceptors (Lipinski definition) is 3. The van der Waals surface area contributed by atoms with E-state index in [9.17, 15) is 9.59 Å². The summed E-state index contributed by atoms with van der Waals surface area (Å²) in [7, 11) is 1.39. The number of hydrogen-bond donors (Lipinski definition) is 3. The number of methoxy groups -OCH3 is 1. The van der Waals surface area contributed by atoms with Gasteiger partial charge in [-0.3, -0.25) is 0 Å². The van der Waals surface area contributed by atoms with Gasteiger partial charge in [-0.2, -0.15) is 0 Å². The molecule has 0 saturated heterocycles. The summed E-state index contributed by atoms with van der Waals surface area (Å²) in [5.74, 6) is -0.620. The summed E-state index contributed by atoms with van der Waals surface area (Å²) in [5, 5.41) is 14.0. The zero-order valence-corrected chi connectivity index (χ0v) is 10.4. The fourth-order valence-electron chi connectivity index (χ4n) is 1.74. The van der Waals surface area contributed by atoms with Crippen LogP contribution in [0.5, 0.6) is 0 Å². The predicted molar refractivity (Wildman–Crippen MR) is 61.8 cm³/mol. The summed E-state index contributed by atoms with van der Waals surface area (Å²) in [6.45, 7) is 3.83. The normalized spacial score (nSPS) is 17.4. The first-order valence-corrected chi connectivity index (χ1v) is 5.67. The van der Waals surface area contributed by atoms with Gasteiger partial charge in [-0.05, 0) is 32.6 Å². The molecular formula is C11H20N2O4. The molecule has 0 radical (unpaired) electrons.